The Labute approximate surface area is 186 Å². The molecular formula is C23H29N3O4S. The largest absolute Gasteiger partial charge is 0.493 e. The van der Waals surface area contributed by atoms with Gasteiger partial charge in [0.2, 0.25) is 5.75 Å². The first-order chi connectivity index (χ1) is 15.1. The first-order valence-corrected chi connectivity index (χ1v) is 11.3. The van der Waals surface area contributed by atoms with Crippen molar-refractivity contribution in [1.82, 2.24) is 10.3 Å². The molecule has 2 N–H and O–H groups in total. The van der Waals surface area contributed by atoms with E-state index in [1.807, 2.05) is 6.07 Å². The van der Waals surface area contributed by atoms with E-state index >= 15 is 0 Å². The molecule has 2 aromatic heterocycles. The van der Waals surface area contributed by atoms with E-state index in [1.165, 1.54) is 4.88 Å². The Morgan fingerprint density at radius 1 is 1.16 bits per heavy atom. The minimum atomic E-state index is -0.335. The van der Waals surface area contributed by atoms with Gasteiger partial charge in [-0.1, -0.05) is 6.07 Å². The molecule has 1 aliphatic heterocycles. The van der Waals surface area contributed by atoms with Crippen molar-refractivity contribution in [2.45, 2.75) is 32.0 Å². The molecule has 3 aromatic rings. The number of nitrogens with zero attached hydrogens (tertiary/aromatic N) is 2. The van der Waals surface area contributed by atoms with Gasteiger partial charge < -0.3 is 29.5 Å². The van der Waals surface area contributed by atoms with Crippen LogP contribution in [0.25, 0.3) is 10.9 Å². The van der Waals surface area contributed by atoms with Crippen LogP contribution in [-0.4, -0.2) is 50.6 Å². The van der Waals surface area contributed by atoms with Crippen molar-refractivity contribution in [2.24, 2.45) is 0 Å². The molecule has 0 saturated carbocycles. The average Bonchev–Trinajstić information content (AvgIpc) is 3.30. The standard InChI is InChI=1S/C23H29N3O4S/c1-28-20-11-19-18(21(29-2)22(20)30-3)10-15(12-24-13-17-7-5-9-31-17)23(25-19)26-8-4-6-16(27)14-26/h5,7,9-11,16,24,27H,4,6,8,12-14H2,1-3H3. The van der Waals surface area contributed by atoms with E-state index in [1.54, 1.807) is 32.7 Å². The highest BCUT2D eigenvalue weighted by Crippen LogP contribution is 2.44. The van der Waals surface area contributed by atoms with Crippen LogP contribution < -0.4 is 24.4 Å². The van der Waals surface area contributed by atoms with Gasteiger partial charge in [0.1, 0.15) is 5.82 Å². The monoisotopic (exact) mass is 443 g/mol. The molecule has 31 heavy (non-hydrogen) atoms. The Balaban J connectivity index is 1.77. The number of hydrogen-bond acceptors (Lipinski definition) is 8. The molecule has 1 fully saturated rings. The number of thiophene rings is 1. The minimum absolute atomic E-state index is 0.335. The van der Waals surface area contributed by atoms with Crippen molar-refractivity contribution in [2.75, 3.05) is 39.3 Å². The van der Waals surface area contributed by atoms with Crippen molar-refractivity contribution >= 4 is 28.1 Å². The number of β-amino-alcohol motifs (C(OH)–C–C–N with tert-alkyl or cyclic N) is 1. The highest BCUT2D eigenvalue weighted by Gasteiger charge is 2.24. The predicted molar refractivity (Wildman–Crippen MR) is 124 cm³/mol. The molecule has 0 amide bonds. The van der Waals surface area contributed by atoms with Gasteiger partial charge in [-0.2, -0.15) is 0 Å². The Kier molecular flexibility index (Phi) is 6.80. The molecule has 8 heteroatoms. The summed E-state index contributed by atoms with van der Waals surface area (Å²) in [7, 11) is 4.83. The first-order valence-electron chi connectivity index (χ1n) is 10.4. The minimum Gasteiger partial charge on any atom is -0.493 e. The summed E-state index contributed by atoms with van der Waals surface area (Å²) in [5, 5.41) is 16.7. The average molecular weight is 444 g/mol. The van der Waals surface area contributed by atoms with Gasteiger partial charge in [-0.3, -0.25) is 0 Å². The smallest absolute Gasteiger partial charge is 0.204 e. The van der Waals surface area contributed by atoms with Crippen LogP contribution in [0.15, 0.2) is 29.6 Å². The van der Waals surface area contributed by atoms with Crippen LogP contribution in [0.1, 0.15) is 23.3 Å². The number of hydrogen-bond donors (Lipinski definition) is 2. The quantitative estimate of drug-likeness (QED) is 0.551. The fraction of sp³-hybridized carbons (Fsp3) is 0.435. The summed E-state index contributed by atoms with van der Waals surface area (Å²) in [5.41, 5.74) is 1.83. The summed E-state index contributed by atoms with van der Waals surface area (Å²) in [5.74, 6) is 2.62. The Bertz CT molecular complexity index is 1030. The zero-order chi connectivity index (χ0) is 21.8. The molecule has 1 aliphatic rings. The molecular weight excluding hydrogens is 414 g/mol. The second kappa shape index (κ2) is 9.72. The van der Waals surface area contributed by atoms with Gasteiger partial charge in [-0.25, -0.2) is 4.98 Å². The van der Waals surface area contributed by atoms with Crippen LogP contribution in [-0.2, 0) is 13.1 Å². The maximum Gasteiger partial charge on any atom is 0.204 e. The van der Waals surface area contributed by atoms with E-state index < -0.39 is 0 Å². The van der Waals surface area contributed by atoms with Crippen LogP contribution in [0.3, 0.4) is 0 Å². The molecule has 7 nitrogen and oxygen atoms in total. The Morgan fingerprint density at radius 3 is 2.68 bits per heavy atom. The van der Waals surface area contributed by atoms with Gasteiger partial charge in [0, 0.05) is 48.1 Å². The van der Waals surface area contributed by atoms with Gasteiger partial charge in [-0.15, -0.1) is 11.3 Å². The number of aromatic nitrogens is 1. The zero-order valence-electron chi connectivity index (χ0n) is 18.2. The van der Waals surface area contributed by atoms with Crippen LogP contribution in [0.5, 0.6) is 17.2 Å². The lowest BCUT2D eigenvalue weighted by molar-refractivity contribution is 0.154. The highest BCUT2D eigenvalue weighted by atomic mass is 32.1. The number of benzene rings is 1. The molecule has 1 atom stereocenters. The Morgan fingerprint density at radius 2 is 2.00 bits per heavy atom. The fourth-order valence-corrected chi connectivity index (χ4v) is 4.78. The van der Waals surface area contributed by atoms with Crippen molar-refractivity contribution in [3.8, 4) is 17.2 Å². The number of piperidine rings is 1. The second-order valence-corrected chi connectivity index (χ2v) is 8.64. The fourth-order valence-electron chi connectivity index (χ4n) is 4.11. The predicted octanol–water partition coefficient (Wildman–Crippen LogP) is 3.57. The number of rotatable bonds is 8. The molecule has 1 aromatic carbocycles. The lowest BCUT2D eigenvalue weighted by atomic mass is 10.1. The lowest BCUT2D eigenvalue weighted by Crippen LogP contribution is -2.39. The second-order valence-electron chi connectivity index (χ2n) is 7.61. The van der Waals surface area contributed by atoms with E-state index in [-0.39, 0.29) is 6.10 Å². The van der Waals surface area contributed by atoms with Crippen LogP contribution in [0.4, 0.5) is 5.82 Å². The van der Waals surface area contributed by atoms with Gasteiger partial charge in [-0.05, 0) is 30.4 Å². The number of aliphatic hydroxyl groups is 1. The van der Waals surface area contributed by atoms with Crippen molar-refractivity contribution in [3.05, 3.63) is 40.1 Å². The highest BCUT2D eigenvalue weighted by molar-refractivity contribution is 7.09. The number of nitrogens with one attached hydrogen (secondary N) is 1. The van der Waals surface area contributed by atoms with Crippen LogP contribution in [0, 0.1) is 0 Å². The third kappa shape index (κ3) is 4.56. The third-order valence-electron chi connectivity index (χ3n) is 5.57. The van der Waals surface area contributed by atoms with Gasteiger partial charge in [0.15, 0.2) is 11.5 Å². The molecule has 1 unspecified atom stereocenters. The van der Waals surface area contributed by atoms with Crippen LogP contribution in [0.2, 0.25) is 0 Å². The molecule has 1 saturated heterocycles. The van der Waals surface area contributed by atoms with E-state index in [9.17, 15) is 5.11 Å². The molecule has 0 radical (unpaired) electrons. The van der Waals surface area contributed by atoms with Crippen molar-refractivity contribution < 1.29 is 19.3 Å². The summed E-state index contributed by atoms with van der Waals surface area (Å²) < 4.78 is 16.8. The summed E-state index contributed by atoms with van der Waals surface area (Å²) >= 11 is 1.74. The summed E-state index contributed by atoms with van der Waals surface area (Å²) in [6, 6.07) is 8.17. The number of methoxy groups -OCH3 is 3. The normalized spacial score (nSPS) is 16.5. The van der Waals surface area contributed by atoms with E-state index in [0.29, 0.717) is 30.3 Å². The van der Waals surface area contributed by atoms with E-state index in [0.717, 1.165) is 48.2 Å². The van der Waals surface area contributed by atoms with Gasteiger partial charge >= 0.3 is 0 Å². The third-order valence-corrected chi connectivity index (χ3v) is 6.45. The van der Waals surface area contributed by atoms with Crippen molar-refractivity contribution in [3.63, 3.8) is 0 Å². The number of aliphatic hydroxyl groups excluding tert-OH is 1. The van der Waals surface area contributed by atoms with Crippen molar-refractivity contribution in [1.29, 1.82) is 0 Å². The SMILES string of the molecule is COc1cc2nc(N3CCCC(O)C3)c(CNCc3cccs3)cc2c(OC)c1OC. The maximum atomic E-state index is 10.2. The molecule has 166 valence electrons. The summed E-state index contributed by atoms with van der Waals surface area (Å²) in [6.07, 6.45) is 1.44. The number of ether oxygens (including phenoxy) is 3. The van der Waals surface area contributed by atoms with Gasteiger partial charge in [0.25, 0.3) is 0 Å². The van der Waals surface area contributed by atoms with E-state index in [2.05, 4.69) is 33.8 Å². The zero-order valence-corrected chi connectivity index (χ0v) is 19.0. The molecule has 0 spiro atoms. The number of anilines is 1. The number of fused-ring (bicyclic) bond motifs is 1. The topological polar surface area (TPSA) is 76.1 Å². The molecule has 3 heterocycles. The Hall–Kier alpha value is -2.55. The van der Waals surface area contributed by atoms with E-state index in [4.69, 9.17) is 19.2 Å². The summed E-state index contributed by atoms with van der Waals surface area (Å²) in [6.45, 7) is 2.90. The molecule has 0 aliphatic carbocycles. The maximum absolute atomic E-state index is 10.2. The summed E-state index contributed by atoms with van der Waals surface area (Å²) in [4.78, 5) is 8.47. The van der Waals surface area contributed by atoms with Crippen LogP contribution >= 0.6 is 11.3 Å². The van der Waals surface area contributed by atoms with Gasteiger partial charge in [0.05, 0.1) is 33.0 Å². The lowest BCUT2D eigenvalue weighted by Gasteiger charge is -2.32. The molecule has 4 rings (SSSR count). The molecule has 0 bridgehead atoms. The number of pyridine rings is 1. The first kappa shape index (κ1) is 21.7.